The largest absolute Gasteiger partial charge is 0.398 e. The van der Waals surface area contributed by atoms with Gasteiger partial charge in [-0.15, -0.1) is 0 Å². The summed E-state index contributed by atoms with van der Waals surface area (Å²) in [6.07, 6.45) is 0. The van der Waals surface area contributed by atoms with Gasteiger partial charge < -0.3 is 5.73 Å². The minimum atomic E-state index is 0.710. The molecule has 0 aliphatic rings. The van der Waals surface area contributed by atoms with Gasteiger partial charge in [-0.25, -0.2) is 0 Å². The number of nitrogens with zero attached hydrogens (tertiary/aromatic N) is 1. The molecule has 0 fully saturated rings. The Labute approximate surface area is 103 Å². The van der Waals surface area contributed by atoms with Crippen molar-refractivity contribution in [3.05, 3.63) is 47.5 Å². The van der Waals surface area contributed by atoms with Crippen molar-refractivity contribution in [3.8, 4) is 11.3 Å². The maximum absolute atomic E-state index is 5.98. The fraction of sp³-hybridized carbons (Fsp3) is 0. The number of aromatic nitrogens is 2. The minimum Gasteiger partial charge on any atom is -0.398 e. The summed E-state index contributed by atoms with van der Waals surface area (Å²) in [7, 11) is 0. The molecule has 3 aromatic rings. The Morgan fingerprint density at radius 1 is 1.06 bits per heavy atom. The summed E-state index contributed by atoms with van der Waals surface area (Å²) in [5.74, 6) is 0. The molecule has 0 radical (unpaired) electrons. The van der Waals surface area contributed by atoms with E-state index in [2.05, 4.69) is 10.2 Å². The predicted octanol–water partition coefficient (Wildman–Crippen LogP) is 3.47. The van der Waals surface area contributed by atoms with Crippen LogP contribution in [-0.4, -0.2) is 10.2 Å². The zero-order valence-corrected chi connectivity index (χ0v) is 9.70. The minimum absolute atomic E-state index is 0.710. The lowest BCUT2D eigenvalue weighted by Gasteiger charge is -2.00. The molecule has 4 heteroatoms. The van der Waals surface area contributed by atoms with Gasteiger partial charge in [-0.3, -0.25) is 5.10 Å². The third-order valence-electron chi connectivity index (χ3n) is 2.74. The number of nitrogens with one attached hydrogen (secondary N) is 1. The van der Waals surface area contributed by atoms with E-state index in [9.17, 15) is 0 Å². The molecule has 84 valence electrons. The summed E-state index contributed by atoms with van der Waals surface area (Å²) in [4.78, 5) is 0. The van der Waals surface area contributed by atoms with E-state index in [0.717, 1.165) is 27.8 Å². The Kier molecular flexibility index (Phi) is 2.27. The standard InChI is InChI=1S/C13H10ClN3/c14-9-6-4-8(5-7-9)13-12-10(15)2-1-3-11(12)16-17-13/h1-7H,15H2,(H,16,17). The summed E-state index contributed by atoms with van der Waals surface area (Å²) < 4.78 is 0. The molecule has 0 saturated carbocycles. The average molecular weight is 244 g/mol. The number of hydrogen-bond acceptors (Lipinski definition) is 2. The van der Waals surface area contributed by atoms with Crippen molar-refractivity contribution in [2.45, 2.75) is 0 Å². The van der Waals surface area contributed by atoms with Crippen molar-refractivity contribution in [1.29, 1.82) is 0 Å². The number of rotatable bonds is 1. The number of benzene rings is 2. The van der Waals surface area contributed by atoms with Gasteiger partial charge in [0.2, 0.25) is 0 Å². The lowest BCUT2D eigenvalue weighted by Crippen LogP contribution is -1.86. The normalized spacial score (nSPS) is 10.9. The van der Waals surface area contributed by atoms with Crippen LogP contribution in [0.3, 0.4) is 0 Å². The molecule has 0 amide bonds. The van der Waals surface area contributed by atoms with Gasteiger partial charge in [0.05, 0.1) is 10.9 Å². The van der Waals surface area contributed by atoms with Crippen LogP contribution in [0.5, 0.6) is 0 Å². The van der Waals surface area contributed by atoms with Crippen LogP contribution in [0.15, 0.2) is 42.5 Å². The van der Waals surface area contributed by atoms with Crippen LogP contribution in [0.25, 0.3) is 22.2 Å². The highest BCUT2D eigenvalue weighted by molar-refractivity contribution is 6.30. The van der Waals surface area contributed by atoms with Gasteiger partial charge in [0.15, 0.2) is 0 Å². The second kappa shape index (κ2) is 3.79. The first-order chi connectivity index (χ1) is 8.25. The number of H-pyrrole nitrogens is 1. The van der Waals surface area contributed by atoms with Gasteiger partial charge in [0, 0.05) is 16.3 Å². The molecule has 3 rings (SSSR count). The van der Waals surface area contributed by atoms with E-state index >= 15 is 0 Å². The zero-order valence-electron chi connectivity index (χ0n) is 8.94. The second-order valence-electron chi connectivity index (χ2n) is 3.85. The highest BCUT2D eigenvalue weighted by atomic mass is 35.5. The first-order valence-electron chi connectivity index (χ1n) is 5.24. The Bertz CT molecular complexity index is 671. The number of halogens is 1. The van der Waals surface area contributed by atoms with Crippen LogP contribution in [0.4, 0.5) is 5.69 Å². The Hall–Kier alpha value is -2.00. The fourth-order valence-corrected chi connectivity index (χ4v) is 2.04. The summed E-state index contributed by atoms with van der Waals surface area (Å²) in [6.45, 7) is 0. The second-order valence-corrected chi connectivity index (χ2v) is 4.29. The van der Waals surface area contributed by atoms with Crippen LogP contribution in [0, 0.1) is 0 Å². The molecule has 3 N–H and O–H groups in total. The van der Waals surface area contributed by atoms with E-state index in [1.165, 1.54) is 0 Å². The molecule has 3 nitrogen and oxygen atoms in total. The molecule has 0 aliphatic carbocycles. The van der Waals surface area contributed by atoms with Crippen molar-refractivity contribution >= 4 is 28.2 Å². The van der Waals surface area contributed by atoms with Crippen LogP contribution in [0.1, 0.15) is 0 Å². The Morgan fingerprint density at radius 3 is 2.59 bits per heavy atom. The van der Waals surface area contributed by atoms with Crippen LogP contribution in [0.2, 0.25) is 5.02 Å². The number of nitrogens with two attached hydrogens (primary N) is 1. The topological polar surface area (TPSA) is 54.7 Å². The highest BCUT2D eigenvalue weighted by Crippen LogP contribution is 2.30. The molecule has 0 spiro atoms. The molecular weight excluding hydrogens is 234 g/mol. The molecule has 0 aliphatic heterocycles. The van der Waals surface area contributed by atoms with E-state index in [4.69, 9.17) is 17.3 Å². The first-order valence-corrected chi connectivity index (χ1v) is 5.62. The van der Waals surface area contributed by atoms with Crippen LogP contribution in [-0.2, 0) is 0 Å². The highest BCUT2D eigenvalue weighted by Gasteiger charge is 2.10. The maximum atomic E-state index is 5.98. The summed E-state index contributed by atoms with van der Waals surface area (Å²) in [5, 5.41) is 8.95. The fourth-order valence-electron chi connectivity index (χ4n) is 1.92. The van der Waals surface area contributed by atoms with E-state index in [1.807, 2.05) is 42.5 Å². The Balaban J connectivity index is 2.27. The zero-order chi connectivity index (χ0) is 11.8. The monoisotopic (exact) mass is 243 g/mol. The van der Waals surface area contributed by atoms with E-state index in [-0.39, 0.29) is 0 Å². The molecule has 2 aromatic carbocycles. The van der Waals surface area contributed by atoms with Gasteiger partial charge in [-0.2, -0.15) is 5.10 Å². The molecule has 1 heterocycles. The Morgan fingerprint density at radius 2 is 1.82 bits per heavy atom. The maximum Gasteiger partial charge on any atom is 0.102 e. The molecule has 0 unspecified atom stereocenters. The first kappa shape index (κ1) is 10.2. The van der Waals surface area contributed by atoms with Crippen LogP contribution < -0.4 is 5.73 Å². The summed E-state index contributed by atoms with van der Waals surface area (Å²) in [6, 6.07) is 13.3. The number of aromatic amines is 1. The quantitative estimate of drug-likeness (QED) is 0.643. The molecule has 0 bridgehead atoms. The van der Waals surface area contributed by atoms with Gasteiger partial charge in [0.25, 0.3) is 0 Å². The van der Waals surface area contributed by atoms with Gasteiger partial charge in [-0.1, -0.05) is 29.8 Å². The number of anilines is 1. The molecule has 0 saturated heterocycles. The van der Waals surface area contributed by atoms with Crippen molar-refractivity contribution in [3.63, 3.8) is 0 Å². The molecule has 17 heavy (non-hydrogen) atoms. The lowest BCUT2D eigenvalue weighted by molar-refractivity contribution is 1.12. The lowest BCUT2D eigenvalue weighted by atomic mass is 10.1. The molecule has 1 aromatic heterocycles. The van der Waals surface area contributed by atoms with Crippen LogP contribution >= 0.6 is 11.6 Å². The number of fused-ring (bicyclic) bond motifs is 1. The van der Waals surface area contributed by atoms with Gasteiger partial charge in [-0.05, 0) is 24.3 Å². The van der Waals surface area contributed by atoms with Crippen molar-refractivity contribution in [1.82, 2.24) is 10.2 Å². The average Bonchev–Trinajstić information content (AvgIpc) is 2.75. The van der Waals surface area contributed by atoms with Crippen molar-refractivity contribution < 1.29 is 0 Å². The number of nitrogen functional groups attached to an aromatic ring is 1. The van der Waals surface area contributed by atoms with Crippen molar-refractivity contribution in [2.24, 2.45) is 0 Å². The summed E-state index contributed by atoms with van der Waals surface area (Å²) >= 11 is 5.87. The third-order valence-corrected chi connectivity index (χ3v) is 2.99. The van der Waals surface area contributed by atoms with E-state index < -0.39 is 0 Å². The summed E-state index contributed by atoms with van der Waals surface area (Å²) in [5.41, 5.74) is 9.50. The third kappa shape index (κ3) is 1.65. The SMILES string of the molecule is Nc1cccc2[nH]nc(-c3ccc(Cl)cc3)c12. The molecule has 0 atom stereocenters. The van der Waals surface area contributed by atoms with Gasteiger partial charge >= 0.3 is 0 Å². The van der Waals surface area contributed by atoms with E-state index in [1.54, 1.807) is 0 Å². The number of hydrogen-bond donors (Lipinski definition) is 2. The van der Waals surface area contributed by atoms with Crippen molar-refractivity contribution in [2.75, 3.05) is 5.73 Å². The molecular formula is C13H10ClN3. The van der Waals surface area contributed by atoms with Gasteiger partial charge in [0.1, 0.15) is 5.69 Å². The smallest absolute Gasteiger partial charge is 0.102 e. The predicted molar refractivity (Wildman–Crippen MR) is 71.0 cm³/mol. The van der Waals surface area contributed by atoms with E-state index in [0.29, 0.717) is 5.02 Å².